The van der Waals surface area contributed by atoms with Crippen LogP contribution in [0, 0.1) is 17.6 Å². The smallest absolute Gasteiger partial charge is 0.195 e. The van der Waals surface area contributed by atoms with Gasteiger partial charge < -0.3 is 4.57 Å². The Bertz CT molecular complexity index is 366. The minimum absolute atomic E-state index is 0.574. The summed E-state index contributed by atoms with van der Waals surface area (Å²) in [4.78, 5) is 0. The average Bonchev–Trinajstić information content (AvgIpc) is 2.46. The highest BCUT2D eigenvalue weighted by atomic mass is 32.1. The Morgan fingerprint density at radius 3 is 2.86 bits per heavy atom. The second-order valence-electron chi connectivity index (χ2n) is 4.37. The fraction of sp³-hybridized carbons (Fsp3) is 0.800. The van der Waals surface area contributed by atoms with Crippen molar-refractivity contribution in [2.45, 2.75) is 45.6 Å². The lowest BCUT2D eigenvalue weighted by atomic mass is 9.87. The van der Waals surface area contributed by atoms with E-state index in [2.05, 4.69) is 21.7 Å². The summed E-state index contributed by atoms with van der Waals surface area (Å²) in [6.45, 7) is 4.34. The van der Waals surface area contributed by atoms with Crippen LogP contribution >= 0.6 is 12.2 Å². The quantitative estimate of drug-likeness (QED) is 0.724. The zero-order valence-electron chi connectivity index (χ0n) is 8.79. The molecule has 0 aromatic carbocycles. The molecule has 1 aromatic rings. The van der Waals surface area contributed by atoms with Crippen molar-refractivity contribution >= 4 is 12.2 Å². The summed E-state index contributed by atoms with van der Waals surface area (Å²) in [6, 6.07) is 0.574. The van der Waals surface area contributed by atoms with E-state index in [4.69, 9.17) is 12.2 Å². The lowest BCUT2D eigenvalue weighted by Crippen LogP contribution is -2.18. The van der Waals surface area contributed by atoms with Gasteiger partial charge in [-0.3, -0.25) is 5.10 Å². The molecular weight excluding hydrogens is 194 g/mol. The molecule has 1 aliphatic rings. The summed E-state index contributed by atoms with van der Waals surface area (Å²) in [5.74, 6) is 1.85. The summed E-state index contributed by atoms with van der Waals surface area (Å²) in [5.41, 5.74) is 0. The van der Waals surface area contributed by atoms with Crippen molar-refractivity contribution in [3.63, 3.8) is 0 Å². The zero-order chi connectivity index (χ0) is 10.1. The number of nitrogens with zero attached hydrogens (tertiary/aromatic N) is 2. The van der Waals surface area contributed by atoms with Gasteiger partial charge in [0.2, 0.25) is 0 Å². The fourth-order valence-corrected chi connectivity index (χ4v) is 2.78. The third-order valence-electron chi connectivity index (χ3n) is 3.15. The van der Waals surface area contributed by atoms with Crippen LogP contribution in [0.25, 0.3) is 0 Å². The van der Waals surface area contributed by atoms with Gasteiger partial charge in [0.1, 0.15) is 5.82 Å². The summed E-state index contributed by atoms with van der Waals surface area (Å²) in [6.07, 6.45) is 5.17. The molecule has 3 nitrogen and oxygen atoms in total. The average molecular weight is 211 g/mol. The van der Waals surface area contributed by atoms with Crippen LogP contribution in [0.4, 0.5) is 0 Å². The molecular formula is C10H17N3S. The predicted octanol–water partition coefficient (Wildman–Crippen LogP) is 3.00. The Morgan fingerprint density at radius 2 is 2.29 bits per heavy atom. The predicted molar refractivity (Wildman–Crippen MR) is 58.8 cm³/mol. The molecule has 1 aliphatic carbocycles. The van der Waals surface area contributed by atoms with E-state index in [-0.39, 0.29) is 0 Å². The number of rotatable bonds is 1. The fourth-order valence-electron chi connectivity index (χ4n) is 2.45. The van der Waals surface area contributed by atoms with E-state index in [0.717, 1.165) is 16.5 Å². The molecule has 0 aliphatic heterocycles. The maximum atomic E-state index is 5.24. The van der Waals surface area contributed by atoms with Gasteiger partial charge in [0.25, 0.3) is 0 Å². The van der Waals surface area contributed by atoms with E-state index in [1.54, 1.807) is 0 Å². The molecule has 0 amide bonds. The van der Waals surface area contributed by atoms with Crippen LogP contribution in [0.1, 0.15) is 44.5 Å². The lowest BCUT2D eigenvalue weighted by Gasteiger charge is -2.28. The molecule has 78 valence electrons. The summed E-state index contributed by atoms with van der Waals surface area (Å²) in [5, 5.41) is 7.03. The van der Waals surface area contributed by atoms with Crippen LogP contribution in [0.3, 0.4) is 0 Å². The molecule has 2 rings (SSSR count). The second-order valence-corrected chi connectivity index (χ2v) is 4.76. The van der Waals surface area contributed by atoms with Gasteiger partial charge in [-0.25, -0.2) is 0 Å². The van der Waals surface area contributed by atoms with Gasteiger partial charge >= 0.3 is 0 Å². The second kappa shape index (κ2) is 3.85. The van der Waals surface area contributed by atoms with Crippen molar-refractivity contribution in [3.05, 3.63) is 10.6 Å². The summed E-state index contributed by atoms with van der Waals surface area (Å²) in [7, 11) is 0. The highest BCUT2D eigenvalue weighted by Crippen LogP contribution is 2.32. The zero-order valence-corrected chi connectivity index (χ0v) is 9.60. The Kier molecular flexibility index (Phi) is 2.72. The molecule has 1 saturated carbocycles. The molecule has 1 fully saturated rings. The highest BCUT2D eigenvalue weighted by Gasteiger charge is 2.22. The van der Waals surface area contributed by atoms with Crippen LogP contribution in [0.5, 0.6) is 0 Å². The third kappa shape index (κ3) is 1.75. The maximum absolute atomic E-state index is 5.24. The van der Waals surface area contributed by atoms with Crippen LogP contribution in [-0.4, -0.2) is 14.8 Å². The number of hydrogen-bond acceptors (Lipinski definition) is 2. The van der Waals surface area contributed by atoms with Gasteiger partial charge in [0.15, 0.2) is 4.77 Å². The Hall–Kier alpha value is -0.640. The van der Waals surface area contributed by atoms with E-state index in [1.165, 1.54) is 25.7 Å². The molecule has 2 atom stereocenters. The monoisotopic (exact) mass is 211 g/mol. The minimum Gasteiger partial charge on any atom is -0.301 e. The van der Waals surface area contributed by atoms with Crippen molar-refractivity contribution in [2.75, 3.05) is 0 Å². The Labute approximate surface area is 89.5 Å². The molecule has 0 bridgehead atoms. The van der Waals surface area contributed by atoms with Crippen molar-refractivity contribution < 1.29 is 0 Å². The van der Waals surface area contributed by atoms with Crippen LogP contribution in [0.2, 0.25) is 0 Å². The van der Waals surface area contributed by atoms with Gasteiger partial charge in [-0.2, -0.15) is 5.10 Å². The van der Waals surface area contributed by atoms with Gasteiger partial charge in [-0.05, 0) is 37.9 Å². The number of aromatic amines is 1. The molecule has 0 saturated heterocycles. The topological polar surface area (TPSA) is 33.6 Å². The van der Waals surface area contributed by atoms with E-state index >= 15 is 0 Å². The van der Waals surface area contributed by atoms with E-state index in [0.29, 0.717) is 6.04 Å². The Morgan fingerprint density at radius 1 is 1.50 bits per heavy atom. The van der Waals surface area contributed by atoms with E-state index < -0.39 is 0 Å². The number of aryl methyl sites for hydroxylation is 1. The molecule has 4 heteroatoms. The molecule has 1 heterocycles. The number of H-pyrrole nitrogens is 1. The van der Waals surface area contributed by atoms with Gasteiger partial charge in [-0.15, -0.1) is 0 Å². The highest BCUT2D eigenvalue weighted by molar-refractivity contribution is 7.71. The van der Waals surface area contributed by atoms with Crippen molar-refractivity contribution in [2.24, 2.45) is 5.92 Å². The first-order valence-corrected chi connectivity index (χ1v) is 5.73. The van der Waals surface area contributed by atoms with E-state index in [1.807, 2.05) is 6.92 Å². The van der Waals surface area contributed by atoms with Crippen molar-refractivity contribution in [1.29, 1.82) is 0 Å². The molecule has 0 spiro atoms. The summed E-state index contributed by atoms with van der Waals surface area (Å²) >= 11 is 5.24. The number of aromatic nitrogens is 3. The van der Waals surface area contributed by atoms with Crippen LogP contribution in [0.15, 0.2) is 0 Å². The lowest BCUT2D eigenvalue weighted by molar-refractivity contribution is 0.277. The maximum Gasteiger partial charge on any atom is 0.195 e. The van der Waals surface area contributed by atoms with Gasteiger partial charge in [-0.1, -0.05) is 19.8 Å². The standard InChI is InChI=1S/C10H17N3S/c1-7-4-3-5-9(6-7)13-8(2)11-12-10(13)14/h7,9H,3-6H2,1-2H3,(H,12,14)/t7-,9+/m0/s1. The van der Waals surface area contributed by atoms with Crippen molar-refractivity contribution in [3.8, 4) is 0 Å². The first-order valence-electron chi connectivity index (χ1n) is 5.32. The van der Waals surface area contributed by atoms with Gasteiger partial charge in [0, 0.05) is 6.04 Å². The SMILES string of the molecule is Cc1n[nH]c(=S)n1[C@@H]1CCC[C@H](C)C1. The van der Waals surface area contributed by atoms with Crippen molar-refractivity contribution in [1.82, 2.24) is 14.8 Å². The molecule has 0 unspecified atom stereocenters. The largest absolute Gasteiger partial charge is 0.301 e. The number of nitrogens with one attached hydrogen (secondary N) is 1. The third-order valence-corrected chi connectivity index (χ3v) is 3.44. The molecule has 14 heavy (non-hydrogen) atoms. The van der Waals surface area contributed by atoms with Crippen LogP contribution in [-0.2, 0) is 0 Å². The Balaban J connectivity index is 2.26. The molecule has 0 radical (unpaired) electrons. The first kappa shape index (κ1) is 9.90. The van der Waals surface area contributed by atoms with Crippen LogP contribution < -0.4 is 0 Å². The molecule has 1 aromatic heterocycles. The van der Waals surface area contributed by atoms with Gasteiger partial charge in [0.05, 0.1) is 0 Å². The first-order chi connectivity index (χ1) is 6.68. The molecule has 1 N–H and O–H groups in total. The minimum atomic E-state index is 0.574. The normalized spacial score (nSPS) is 27.9. The number of hydrogen-bond donors (Lipinski definition) is 1. The summed E-state index contributed by atoms with van der Waals surface area (Å²) < 4.78 is 2.96. The van der Waals surface area contributed by atoms with E-state index in [9.17, 15) is 0 Å².